The molecule has 0 aromatic heterocycles. The van der Waals surface area contributed by atoms with E-state index < -0.39 is 0 Å². The van der Waals surface area contributed by atoms with Gasteiger partial charge in [0.15, 0.2) is 0 Å². The molecular formula is C12H17ClO. The fourth-order valence-electron chi connectivity index (χ4n) is 1.56. The van der Waals surface area contributed by atoms with Crippen LogP contribution in [0, 0.1) is 5.92 Å². The number of rotatable bonds is 4. The average molecular weight is 213 g/mol. The van der Waals surface area contributed by atoms with E-state index in [9.17, 15) is 5.11 Å². The molecule has 78 valence electrons. The Morgan fingerprint density at radius 3 is 2.64 bits per heavy atom. The summed E-state index contributed by atoms with van der Waals surface area (Å²) in [5.74, 6) is 0.532. The Bertz CT molecular complexity index is 283. The summed E-state index contributed by atoms with van der Waals surface area (Å²) < 4.78 is 0. The summed E-state index contributed by atoms with van der Waals surface area (Å²) in [4.78, 5) is 0. The molecule has 0 fully saturated rings. The smallest absolute Gasteiger partial charge is 0.0583 e. The molecule has 0 saturated carbocycles. The lowest BCUT2D eigenvalue weighted by Gasteiger charge is -2.12. The van der Waals surface area contributed by atoms with Crippen LogP contribution in [0.5, 0.6) is 0 Å². The molecule has 0 bridgehead atoms. The van der Waals surface area contributed by atoms with E-state index in [0.717, 1.165) is 17.0 Å². The minimum atomic E-state index is -0.256. The Hall–Kier alpha value is -0.530. The summed E-state index contributed by atoms with van der Waals surface area (Å²) in [5, 5.41) is 10.5. The van der Waals surface area contributed by atoms with Gasteiger partial charge in [-0.3, -0.25) is 0 Å². The Balaban J connectivity index is 2.51. The number of aliphatic hydroxyl groups is 1. The Morgan fingerprint density at radius 1 is 1.36 bits per heavy atom. The molecule has 1 aromatic carbocycles. The monoisotopic (exact) mass is 212 g/mol. The number of hydrogen-bond acceptors (Lipinski definition) is 1. The van der Waals surface area contributed by atoms with E-state index in [2.05, 4.69) is 13.8 Å². The van der Waals surface area contributed by atoms with E-state index >= 15 is 0 Å². The van der Waals surface area contributed by atoms with Crippen LogP contribution >= 0.6 is 11.6 Å². The minimum absolute atomic E-state index is 0.256. The fraction of sp³-hybridized carbons (Fsp3) is 0.500. The van der Waals surface area contributed by atoms with Crippen LogP contribution in [0.3, 0.4) is 0 Å². The van der Waals surface area contributed by atoms with Crippen molar-refractivity contribution in [1.29, 1.82) is 0 Å². The third kappa shape index (κ3) is 4.12. The van der Waals surface area contributed by atoms with Gasteiger partial charge in [0.2, 0.25) is 0 Å². The van der Waals surface area contributed by atoms with Gasteiger partial charge in [0, 0.05) is 5.02 Å². The number of benzene rings is 1. The zero-order chi connectivity index (χ0) is 10.6. The normalized spacial score (nSPS) is 13.2. The highest BCUT2D eigenvalue weighted by Crippen LogP contribution is 2.14. The molecule has 1 aromatic rings. The quantitative estimate of drug-likeness (QED) is 0.812. The van der Waals surface area contributed by atoms with Crippen molar-refractivity contribution in [2.75, 3.05) is 0 Å². The predicted molar refractivity (Wildman–Crippen MR) is 60.6 cm³/mol. The Morgan fingerprint density at radius 2 is 2.07 bits per heavy atom. The van der Waals surface area contributed by atoms with Crippen molar-refractivity contribution in [2.24, 2.45) is 5.92 Å². The molecule has 0 radical (unpaired) electrons. The van der Waals surface area contributed by atoms with Crippen LogP contribution in [0.25, 0.3) is 0 Å². The highest BCUT2D eigenvalue weighted by Gasteiger charge is 2.07. The molecule has 1 N–H and O–H groups in total. The van der Waals surface area contributed by atoms with Gasteiger partial charge in [-0.2, -0.15) is 0 Å². The van der Waals surface area contributed by atoms with Gasteiger partial charge >= 0.3 is 0 Å². The third-order valence-corrected chi connectivity index (χ3v) is 2.34. The molecule has 0 heterocycles. The van der Waals surface area contributed by atoms with Crippen LogP contribution in [0.4, 0.5) is 0 Å². The van der Waals surface area contributed by atoms with Crippen LogP contribution in [-0.4, -0.2) is 11.2 Å². The van der Waals surface area contributed by atoms with Gasteiger partial charge in [0.1, 0.15) is 0 Å². The molecule has 1 nitrogen and oxygen atoms in total. The molecule has 0 saturated heterocycles. The van der Waals surface area contributed by atoms with E-state index in [1.807, 2.05) is 24.3 Å². The Kier molecular flexibility index (Phi) is 4.43. The van der Waals surface area contributed by atoms with Crippen molar-refractivity contribution in [3.8, 4) is 0 Å². The molecule has 0 aliphatic carbocycles. The van der Waals surface area contributed by atoms with Crippen LogP contribution in [0.15, 0.2) is 24.3 Å². The first-order valence-corrected chi connectivity index (χ1v) is 5.38. The maximum Gasteiger partial charge on any atom is 0.0583 e. The van der Waals surface area contributed by atoms with Gasteiger partial charge in [0.05, 0.1) is 6.10 Å². The molecule has 1 unspecified atom stereocenters. The van der Waals surface area contributed by atoms with E-state index in [4.69, 9.17) is 11.6 Å². The maximum absolute atomic E-state index is 9.72. The highest BCUT2D eigenvalue weighted by molar-refractivity contribution is 6.30. The molecular weight excluding hydrogens is 196 g/mol. The van der Waals surface area contributed by atoms with Crippen LogP contribution in [0.1, 0.15) is 25.8 Å². The van der Waals surface area contributed by atoms with Gasteiger partial charge in [0.25, 0.3) is 0 Å². The summed E-state index contributed by atoms with van der Waals surface area (Å²) in [7, 11) is 0. The van der Waals surface area contributed by atoms with Crippen LogP contribution in [0.2, 0.25) is 5.02 Å². The first-order chi connectivity index (χ1) is 6.58. The second-order valence-electron chi connectivity index (χ2n) is 4.12. The number of hydrogen-bond donors (Lipinski definition) is 1. The largest absolute Gasteiger partial charge is 0.393 e. The third-order valence-electron chi connectivity index (χ3n) is 2.10. The molecule has 0 spiro atoms. The standard InChI is InChI=1S/C12H17ClO/c1-9(2)6-12(14)8-10-4-3-5-11(13)7-10/h3-5,7,9,12,14H,6,8H2,1-2H3. The van der Waals surface area contributed by atoms with Crippen molar-refractivity contribution in [3.63, 3.8) is 0 Å². The number of halogens is 1. The summed E-state index contributed by atoms with van der Waals surface area (Å²) in [5.41, 5.74) is 1.10. The van der Waals surface area contributed by atoms with Gasteiger partial charge in [-0.1, -0.05) is 37.6 Å². The molecule has 1 rings (SSSR count). The predicted octanol–water partition coefficient (Wildman–Crippen LogP) is 3.29. The first-order valence-electron chi connectivity index (χ1n) is 5.00. The van der Waals surface area contributed by atoms with E-state index in [0.29, 0.717) is 12.3 Å². The first kappa shape index (κ1) is 11.5. The second kappa shape index (κ2) is 5.38. The lowest BCUT2D eigenvalue weighted by molar-refractivity contribution is 0.149. The lowest BCUT2D eigenvalue weighted by atomic mass is 10.00. The molecule has 0 aliphatic heterocycles. The van der Waals surface area contributed by atoms with Crippen LogP contribution < -0.4 is 0 Å². The van der Waals surface area contributed by atoms with Crippen molar-refractivity contribution >= 4 is 11.6 Å². The van der Waals surface area contributed by atoms with Crippen molar-refractivity contribution < 1.29 is 5.11 Å². The summed E-state index contributed by atoms with van der Waals surface area (Å²) in [6.45, 7) is 4.22. The van der Waals surface area contributed by atoms with Gasteiger partial charge < -0.3 is 5.11 Å². The van der Waals surface area contributed by atoms with Crippen LogP contribution in [-0.2, 0) is 6.42 Å². The van der Waals surface area contributed by atoms with Crippen molar-refractivity contribution in [1.82, 2.24) is 0 Å². The fourth-order valence-corrected chi connectivity index (χ4v) is 1.78. The summed E-state index contributed by atoms with van der Waals surface area (Å²) in [6.07, 6.45) is 1.28. The molecule has 1 atom stereocenters. The lowest BCUT2D eigenvalue weighted by Crippen LogP contribution is -2.13. The van der Waals surface area contributed by atoms with E-state index in [1.54, 1.807) is 0 Å². The topological polar surface area (TPSA) is 20.2 Å². The second-order valence-corrected chi connectivity index (χ2v) is 4.55. The zero-order valence-electron chi connectivity index (χ0n) is 8.70. The number of aliphatic hydroxyl groups excluding tert-OH is 1. The SMILES string of the molecule is CC(C)CC(O)Cc1cccc(Cl)c1. The molecule has 0 aliphatic rings. The van der Waals surface area contributed by atoms with E-state index in [1.165, 1.54) is 0 Å². The molecule has 14 heavy (non-hydrogen) atoms. The minimum Gasteiger partial charge on any atom is -0.393 e. The zero-order valence-corrected chi connectivity index (χ0v) is 9.46. The van der Waals surface area contributed by atoms with Gasteiger partial charge in [-0.15, -0.1) is 0 Å². The summed E-state index contributed by atoms with van der Waals surface area (Å²) >= 11 is 5.85. The maximum atomic E-state index is 9.72. The Labute approximate surface area is 90.7 Å². The molecule has 0 amide bonds. The van der Waals surface area contributed by atoms with Crippen molar-refractivity contribution in [2.45, 2.75) is 32.8 Å². The van der Waals surface area contributed by atoms with Gasteiger partial charge in [-0.05, 0) is 36.5 Å². The average Bonchev–Trinajstić information content (AvgIpc) is 2.01. The van der Waals surface area contributed by atoms with E-state index in [-0.39, 0.29) is 6.10 Å². The summed E-state index contributed by atoms with van der Waals surface area (Å²) in [6, 6.07) is 7.67. The molecule has 2 heteroatoms. The highest BCUT2D eigenvalue weighted by atomic mass is 35.5. The van der Waals surface area contributed by atoms with Crippen molar-refractivity contribution in [3.05, 3.63) is 34.9 Å². The van der Waals surface area contributed by atoms with Gasteiger partial charge in [-0.25, -0.2) is 0 Å².